The van der Waals surface area contributed by atoms with Gasteiger partial charge in [-0.3, -0.25) is 14.3 Å². The van der Waals surface area contributed by atoms with Crippen LogP contribution in [0.3, 0.4) is 0 Å². The molecular weight excluding hydrogens is 465 g/mol. The summed E-state index contributed by atoms with van der Waals surface area (Å²) in [5.74, 6) is -0.343. The molecule has 5 rings (SSSR count). The van der Waals surface area contributed by atoms with Crippen LogP contribution in [0.4, 0.5) is 19.0 Å². The topological polar surface area (TPSA) is 121 Å². The van der Waals surface area contributed by atoms with Gasteiger partial charge in [0.2, 0.25) is 5.91 Å². The van der Waals surface area contributed by atoms with E-state index in [2.05, 4.69) is 35.6 Å². The van der Waals surface area contributed by atoms with Crippen molar-refractivity contribution in [2.45, 2.75) is 44.4 Å². The summed E-state index contributed by atoms with van der Waals surface area (Å²) >= 11 is 0. The Hall–Kier alpha value is -3.64. The van der Waals surface area contributed by atoms with Crippen molar-refractivity contribution < 1.29 is 22.8 Å². The molecule has 1 aliphatic carbocycles. The van der Waals surface area contributed by atoms with Gasteiger partial charge in [0.1, 0.15) is 17.8 Å². The zero-order chi connectivity index (χ0) is 24.7. The number of alkyl halides is 3. The molecule has 1 saturated carbocycles. The lowest BCUT2D eigenvalue weighted by molar-refractivity contribution is -0.137. The number of amides is 2. The molecule has 2 amide bonds. The monoisotopic (exact) mass is 490 g/mol. The van der Waals surface area contributed by atoms with E-state index in [1.165, 1.54) is 6.33 Å². The Labute approximate surface area is 198 Å². The predicted molar refractivity (Wildman–Crippen MR) is 120 cm³/mol. The number of carbonyl (C=O) groups is 2. The van der Waals surface area contributed by atoms with Crippen LogP contribution in [0.2, 0.25) is 0 Å². The van der Waals surface area contributed by atoms with Gasteiger partial charge in [0, 0.05) is 62.5 Å². The van der Waals surface area contributed by atoms with Crippen molar-refractivity contribution in [1.29, 1.82) is 0 Å². The van der Waals surface area contributed by atoms with Crippen LogP contribution in [0.1, 0.15) is 41.0 Å². The molecule has 0 atom stereocenters. The van der Waals surface area contributed by atoms with E-state index in [1.807, 2.05) is 19.3 Å². The first-order valence-corrected chi connectivity index (χ1v) is 11.4. The number of carbonyl (C=O) groups excluding carboxylic acids is 2. The van der Waals surface area contributed by atoms with E-state index < -0.39 is 31.0 Å². The highest BCUT2D eigenvalue weighted by Gasteiger charge is 2.37. The molecule has 0 spiro atoms. The molecular formula is C22H25F3N8O2. The normalized spacial score (nSPS) is 19.8. The standard InChI is InChI=1S/C22H25F3N8O2/c1-32-16-3-7-33(19-14-2-5-26-18(14)28-11-29-19)10-15(16)17(31-32)21(35)30-13-8-12(9-13)20(34)27-6-4-22(23,24)25/h2,5,11-13H,3-4,6-10H2,1H3,(H,27,34)(H,30,35)(H,26,28,29). The number of aromatic amines is 1. The van der Waals surface area contributed by atoms with Gasteiger partial charge < -0.3 is 20.5 Å². The van der Waals surface area contributed by atoms with Crippen LogP contribution in [0.25, 0.3) is 11.0 Å². The maximum atomic E-state index is 13.0. The van der Waals surface area contributed by atoms with Crippen LogP contribution in [0, 0.1) is 5.92 Å². The van der Waals surface area contributed by atoms with Crippen LogP contribution in [0.5, 0.6) is 0 Å². The first-order valence-electron chi connectivity index (χ1n) is 11.4. The Morgan fingerprint density at radius 2 is 2.06 bits per heavy atom. The third-order valence-corrected chi connectivity index (χ3v) is 6.64. The second-order valence-corrected chi connectivity index (χ2v) is 9.00. The summed E-state index contributed by atoms with van der Waals surface area (Å²) in [5, 5.41) is 10.6. The van der Waals surface area contributed by atoms with Crippen molar-refractivity contribution in [3.63, 3.8) is 0 Å². The highest BCUT2D eigenvalue weighted by molar-refractivity contribution is 5.95. The van der Waals surface area contributed by atoms with Crippen LogP contribution < -0.4 is 15.5 Å². The number of rotatable bonds is 6. The summed E-state index contributed by atoms with van der Waals surface area (Å²) in [5.41, 5.74) is 2.90. The lowest BCUT2D eigenvalue weighted by Crippen LogP contribution is -2.50. The lowest BCUT2D eigenvalue weighted by Gasteiger charge is -2.34. The molecule has 0 saturated heterocycles. The van der Waals surface area contributed by atoms with Gasteiger partial charge in [-0.05, 0) is 18.9 Å². The van der Waals surface area contributed by atoms with Gasteiger partial charge in [-0.1, -0.05) is 0 Å². The van der Waals surface area contributed by atoms with Crippen molar-refractivity contribution in [2.24, 2.45) is 13.0 Å². The van der Waals surface area contributed by atoms with E-state index in [0.29, 0.717) is 31.5 Å². The van der Waals surface area contributed by atoms with Crippen molar-refractivity contribution >= 4 is 28.7 Å². The third-order valence-electron chi connectivity index (χ3n) is 6.64. The Kier molecular flexibility index (Phi) is 5.85. The Morgan fingerprint density at radius 3 is 2.83 bits per heavy atom. The fourth-order valence-corrected chi connectivity index (χ4v) is 4.74. The summed E-state index contributed by atoms with van der Waals surface area (Å²) in [6.45, 7) is 0.755. The van der Waals surface area contributed by atoms with Gasteiger partial charge in [-0.2, -0.15) is 18.3 Å². The predicted octanol–water partition coefficient (Wildman–Crippen LogP) is 1.83. The average molecular weight is 490 g/mol. The van der Waals surface area contributed by atoms with Crippen LogP contribution >= 0.6 is 0 Å². The number of aryl methyl sites for hydroxylation is 1. The Balaban J connectivity index is 1.21. The number of hydrogen-bond acceptors (Lipinski definition) is 6. The van der Waals surface area contributed by atoms with Crippen molar-refractivity contribution in [2.75, 3.05) is 18.0 Å². The molecule has 186 valence electrons. The highest BCUT2D eigenvalue weighted by Crippen LogP contribution is 2.31. The smallest absolute Gasteiger partial charge is 0.356 e. The quantitative estimate of drug-likeness (QED) is 0.485. The molecule has 0 radical (unpaired) electrons. The van der Waals surface area contributed by atoms with Crippen molar-refractivity contribution in [3.05, 3.63) is 35.5 Å². The third kappa shape index (κ3) is 4.66. The number of anilines is 1. The number of nitrogens with zero attached hydrogens (tertiary/aromatic N) is 5. The Bertz CT molecular complexity index is 1260. The van der Waals surface area contributed by atoms with Gasteiger partial charge in [0.25, 0.3) is 5.91 Å². The largest absolute Gasteiger partial charge is 0.390 e. The molecule has 1 fully saturated rings. The Morgan fingerprint density at radius 1 is 1.26 bits per heavy atom. The van der Waals surface area contributed by atoms with Crippen LogP contribution in [-0.4, -0.2) is 61.9 Å². The number of aromatic nitrogens is 5. The minimum absolute atomic E-state index is 0.223. The van der Waals surface area contributed by atoms with E-state index in [4.69, 9.17) is 0 Å². The average Bonchev–Trinajstić information content (AvgIpc) is 3.39. The summed E-state index contributed by atoms with van der Waals surface area (Å²) < 4.78 is 38.5. The minimum Gasteiger partial charge on any atom is -0.356 e. The molecule has 0 bridgehead atoms. The molecule has 0 unspecified atom stereocenters. The second kappa shape index (κ2) is 8.86. The van der Waals surface area contributed by atoms with Crippen LogP contribution in [0.15, 0.2) is 18.6 Å². The summed E-state index contributed by atoms with van der Waals surface area (Å²) in [7, 11) is 1.81. The number of nitrogens with one attached hydrogen (secondary N) is 3. The lowest BCUT2D eigenvalue weighted by atomic mass is 9.79. The molecule has 2 aliphatic rings. The van der Waals surface area contributed by atoms with Crippen molar-refractivity contribution in [1.82, 2.24) is 35.4 Å². The zero-order valence-corrected chi connectivity index (χ0v) is 19.0. The number of fused-ring (bicyclic) bond motifs is 2. The van der Waals surface area contributed by atoms with Gasteiger partial charge >= 0.3 is 6.18 Å². The first-order chi connectivity index (χ1) is 16.7. The summed E-state index contributed by atoms with van der Waals surface area (Å²) in [4.78, 5) is 38.9. The highest BCUT2D eigenvalue weighted by atomic mass is 19.4. The second-order valence-electron chi connectivity index (χ2n) is 9.00. The molecule has 3 N–H and O–H groups in total. The molecule has 4 heterocycles. The number of H-pyrrole nitrogens is 1. The van der Waals surface area contributed by atoms with Gasteiger partial charge in [-0.15, -0.1) is 0 Å². The first kappa shape index (κ1) is 23.1. The summed E-state index contributed by atoms with van der Waals surface area (Å²) in [6, 6.07) is 1.70. The zero-order valence-electron chi connectivity index (χ0n) is 19.0. The van der Waals surface area contributed by atoms with E-state index in [9.17, 15) is 22.8 Å². The molecule has 3 aromatic heterocycles. The SMILES string of the molecule is Cn1nc(C(=O)NC2CC(C(=O)NCCC(F)(F)F)C2)c2c1CCN(c1ncnc3[nH]ccc13)C2. The summed E-state index contributed by atoms with van der Waals surface area (Å²) in [6.07, 6.45) is -0.573. The minimum atomic E-state index is -4.30. The van der Waals surface area contributed by atoms with Crippen LogP contribution in [-0.2, 0) is 24.8 Å². The molecule has 10 nitrogen and oxygen atoms in total. The van der Waals surface area contributed by atoms with Gasteiger partial charge in [-0.25, -0.2) is 9.97 Å². The molecule has 1 aliphatic heterocycles. The fourth-order valence-electron chi connectivity index (χ4n) is 4.74. The maximum Gasteiger partial charge on any atom is 0.390 e. The number of halogens is 3. The van der Waals surface area contributed by atoms with E-state index >= 15 is 0 Å². The van der Waals surface area contributed by atoms with Gasteiger partial charge in [0.05, 0.1) is 11.8 Å². The van der Waals surface area contributed by atoms with Crippen molar-refractivity contribution in [3.8, 4) is 0 Å². The van der Waals surface area contributed by atoms with Gasteiger partial charge in [0.15, 0.2) is 5.69 Å². The molecule has 13 heteroatoms. The molecule has 0 aromatic carbocycles. The fraction of sp³-hybridized carbons (Fsp3) is 0.500. The van der Waals surface area contributed by atoms with E-state index in [1.54, 1.807) is 4.68 Å². The maximum absolute atomic E-state index is 13.0. The molecule has 3 aromatic rings. The molecule has 35 heavy (non-hydrogen) atoms. The number of hydrogen-bond donors (Lipinski definition) is 3. The van der Waals surface area contributed by atoms with E-state index in [0.717, 1.165) is 34.7 Å². The van der Waals surface area contributed by atoms with E-state index in [-0.39, 0.29) is 11.9 Å².